The molecule has 8 heteroatoms. The molecule has 0 spiro atoms. The maximum absolute atomic E-state index is 13.2. The molecule has 6 nitrogen and oxygen atoms in total. The summed E-state index contributed by atoms with van der Waals surface area (Å²) >= 11 is 0. The molecule has 30 heavy (non-hydrogen) atoms. The number of aromatic nitrogens is 2. The van der Waals surface area contributed by atoms with Crippen LogP contribution in [0.3, 0.4) is 0 Å². The topological polar surface area (TPSA) is 59.4 Å². The van der Waals surface area contributed by atoms with E-state index < -0.39 is 0 Å². The van der Waals surface area contributed by atoms with Crippen LogP contribution in [0.4, 0.5) is 14.6 Å². The zero-order valence-corrected chi connectivity index (χ0v) is 16.5. The van der Waals surface area contributed by atoms with Gasteiger partial charge in [-0.1, -0.05) is 12.1 Å². The Kier molecular flexibility index (Phi) is 5.87. The highest BCUT2D eigenvalue weighted by Crippen LogP contribution is 2.23. The van der Waals surface area contributed by atoms with E-state index in [4.69, 9.17) is 4.74 Å². The Bertz CT molecular complexity index is 1020. The van der Waals surface area contributed by atoms with E-state index >= 15 is 0 Å². The first kappa shape index (κ1) is 20.2. The second kappa shape index (κ2) is 8.73. The molecule has 2 aromatic carbocycles. The van der Waals surface area contributed by atoms with Gasteiger partial charge in [-0.3, -0.25) is 9.69 Å². The summed E-state index contributed by atoms with van der Waals surface area (Å²) in [6, 6.07) is 13.9. The number of carbonyl (C=O) groups excluding carboxylic acids is 1. The van der Waals surface area contributed by atoms with Crippen molar-refractivity contribution in [1.82, 2.24) is 14.7 Å². The fraction of sp³-hybridized carbons (Fsp3) is 0.273. The van der Waals surface area contributed by atoms with E-state index in [9.17, 15) is 13.6 Å². The number of amides is 1. The van der Waals surface area contributed by atoms with Crippen molar-refractivity contribution in [1.29, 1.82) is 0 Å². The number of hydrogen-bond donors (Lipinski definition) is 1. The molecule has 1 aliphatic heterocycles. The number of anilines is 1. The molecule has 0 radical (unpaired) electrons. The Morgan fingerprint density at radius 3 is 2.50 bits per heavy atom. The van der Waals surface area contributed by atoms with Crippen LogP contribution in [0, 0.1) is 18.6 Å². The van der Waals surface area contributed by atoms with Crippen molar-refractivity contribution in [3.05, 3.63) is 77.5 Å². The third-order valence-corrected chi connectivity index (χ3v) is 4.93. The molecule has 1 atom stereocenters. The van der Waals surface area contributed by atoms with E-state index in [1.165, 1.54) is 24.3 Å². The second-order valence-corrected chi connectivity index (χ2v) is 7.25. The molecular formula is C22H22F2N4O2. The van der Waals surface area contributed by atoms with Crippen LogP contribution in [0.2, 0.25) is 0 Å². The lowest BCUT2D eigenvalue weighted by molar-refractivity contribution is -0.119. The summed E-state index contributed by atoms with van der Waals surface area (Å²) in [5.74, 6) is -0.291. The average molecular weight is 412 g/mol. The summed E-state index contributed by atoms with van der Waals surface area (Å²) in [5.41, 5.74) is 2.27. The number of morpholine rings is 1. The highest BCUT2D eigenvalue weighted by atomic mass is 19.1. The minimum Gasteiger partial charge on any atom is -0.371 e. The van der Waals surface area contributed by atoms with Gasteiger partial charge in [0.15, 0.2) is 0 Å². The van der Waals surface area contributed by atoms with Gasteiger partial charge in [-0.15, -0.1) is 0 Å². The van der Waals surface area contributed by atoms with E-state index in [-0.39, 0.29) is 30.2 Å². The lowest BCUT2D eigenvalue weighted by Gasteiger charge is -2.32. The van der Waals surface area contributed by atoms with Crippen LogP contribution in [-0.2, 0) is 9.53 Å². The van der Waals surface area contributed by atoms with Crippen LogP contribution in [0.15, 0.2) is 54.6 Å². The molecule has 0 bridgehead atoms. The molecule has 0 saturated carbocycles. The van der Waals surface area contributed by atoms with Crippen molar-refractivity contribution in [3.8, 4) is 5.69 Å². The second-order valence-electron chi connectivity index (χ2n) is 7.25. The van der Waals surface area contributed by atoms with E-state index in [0.717, 1.165) is 11.3 Å². The summed E-state index contributed by atoms with van der Waals surface area (Å²) in [4.78, 5) is 14.7. The number of nitrogens with one attached hydrogen (secondary N) is 1. The highest BCUT2D eigenvalue weighted by molar-refractivity contribution is 5.91. The maximum Gasteiger partial charge on any atom is 0.239 e. The van der Waals surface area contributed by atoms with Gasteiger partial charge in [-0.2, -0.15) is 5.10 Å². The van der Waals surface area contributed by atoms with Crippen molar-refractivity contribution in [3.63, 3.8) is 0 Å². The molecule has 3 aromatic rings. The van der Waals surface area contributed by atoms with E-state index in [1.807, 2.05) is 11.8 Å². The van der Waals surface area contributed by atoms with Crippen molar-refractivity contribution < 1.29 is 18.3 Å². The first-order valence-electron chi connectivity index (χ1n) is 9.70. The van der Waals surface area contributed by atoms with Crippen LogP contribution in [-0.4, -0.2) is 46.8 Å². The molecule has 4 rings (SSSR count). The monoisotopic (exact) mass is 412 g/mol. The van der Waals surface area contributed by atoms with Crippen LogP contribution in [0.25, 0.3) is 5.69 Å². The number of halogens is 2. The molecule has 1 amide bonds. The summed E-state index contributed by atoms with van der Waals surface area (Å²) < 4.78 is 33.7. The largest absolute Gasteiger partial charge is 0.371 e. The van der Waals surface area contributed by atoms with E-state index in [1.54, 1.807) is 35.0 Å². The van der Waals surface area contributed by atoms with Crippen molar-refractivity contribution >= 4 is 11.7 Å². The number of aryl methyl sites for hydroxylation is 1. The van der Waals surface area contributed by atoms with Gasteiger partial charge >= 0.3 is 0 Å². The van der Waals surface area contributed by atoms with Gasteiger partial charge in [-0.25, -0.2) is 13.5 Å². The number of ether oxygens (including phenoxy) is 1. The Labute approximate surface area is 173 Å². The minimum atomic E-state index is -0.337. The highest BCUT2D eigenvalue weighted by Gasteiger charge is 2.24. The molecule has 2 heterocycles. The van der Waals surface area contributed by atoms with Crippen LogP contribution in [0.5, 0.6) is 0 Å². The lowest BCUT2D eigenvalue weighted by atomic mass is 10.1. The zero-order chi connectivity index (χ0) is 21.1. The standard InChI is InChI=1S/C22H22F2N4O2/c1-15-12-21(28(26-15)19-8-6-18(24)7-9-19)25-22(29)14-27-10-11-30-20(13-27)16-2-4-17(23)5-3-16/h2-9,12,20H,10-11,13-14H2,1H3,(H,25,29). The zero-order valence-electron chi connectivity index (χ0n) is 16.5. The van der Waals surface area contributed by atoms with Crippen LogP contribution < -0.4 is 5.32 Å². The number of hydrogen-bond acceptors (Lipinski definition) is 4. The quantitative estimate of drug-likeness (QED) is 0.697. The van der Waals surface area contributed by atoms with Gasteiger partial charge in [0, 0.05) is 19.2 Å². The molecule has 1 N–H and O–H groups in total. The SMILES string of the molecule is Cc1cc(NC(=O)CN2CCOC(c3ccc(F)cc3)C2)n(-c2ccc(F)cc2)n1. The molecule has 1 aliphatic rings. The fourth-order valence-corrected chi connectivity index (χ4v) is 3.48. The minimum absolute atomic E-state index is 0.182. The van der Waals surface area contributed by atoms with Gasteiger partial charge in [-0.05, 0) is 48.9 Å². The molecule has 156 valence electrons. The molecule has 1 fully saturated rings. The average Bonchev–Trinajstić information content (AvgIpc) is 3.09. The smallest absolute Gasteiger partial charge is 0.239 e. The third kappa shape index (κ3) is 4.72. The molecule has 1 unspecified atom stereocenters. The van der Waals surface area contributed by atoms with Crippen LogP contribution in [0.1, 0.15) is 17.4 Å². The van der Waals surface area contributed by atoms with E-state index in [0.29, 0.717) is 31.2 Å². The first-order valence-corrected chi connectivity index (χ1v) is 9.70. The van der Waals surface area contributed by atoms with E-state index in [2.05, 4.69) is 10.4 Å². The summed E-state index contributed by atoms with van der Waals surface area (Å²) in [6.45, 7) is 3.66. The summed E-state index contributed by atoms with van der Waals surface area (Å²) in [7, 11) is 0. The van der Waals surface area contributed by atoms with Crippen LogP contribution >= 0.6 is 0 Å². The fourth-order valence-electron chi connectivity index (χ4n) is 3.48. The van der Waals surface area contributed by atoms with Gasteiger partial charge in [0.2, 0.25) is 5.91 Å². The third-order valence-electron chi connectivity index (χ3n) is 4.93. The number of benzene rings is 2. The normalized spacial score (nSPS) is 17.1. The molecule has 1 saturated heterocycles. The Balaban J connectivity index is 1.41. The van der Waals surface area contributed by atoms with Gasteiger partial charge < -0.3 is 10.1 Å². The summed E-state index contributed by atoms with van der Waals surface area (Å²) in [6.07, 6.45) is -0.209. The Hall–Kier alpha value is -3.10. The Morgan fingerprint density at radius 1 is 1.13 bits per heavy atom. The maximum atomic E-state index is 13.2. The number of carbonyl (C=O) groups is 1. The van der Waals surface area contributed by atoms with Crippen molar-refractivity contribution in [2.75, 3.05) is 31.6 Å². The predicted molar refractivity (Wildman–Crippen MR) is 108 cm³/mol. The van der Waals surface area contributed by atoms with Crippen molar-refractivity contribution in [2.24, 2.45) is 0 Å². The lowest BCUT2D eigenvalue weighted by Crippen LogP contribution is -2.42. The summed E-state index contributed by atoms with van der Waals surface area (Å²) in [5, 5.41) is 7.27. The van der Waals surface area contributed by atoms with Gasteiger partial charge in [0.05, 0.1) is 30.6 Å². The van der Waals surface area contributed by atoms with Gasteiger partial charge in [0.1, 0.15) is 17.5 Å². The first-order chi connectivity index (χ1) is 14.5. The Morgan fingerprint density at radius 2 is 1.80 bits per heavy atom. The number of nitrogens with zero attached hydrogens (tertiary/aromatic N) is 3. The number of rotatable bonds is 5. The molecular weight excluding hydrogens is 390 g/mol. The predicted octanol–water partition coefficient (Wildman–Crippen LogP) is 3.47. The molecule has 1 aromatic heterocycles. The molecule has 0 aliphatic carbocycles. The van der Waals surface area contributed by atoms with Gasteiger partial charge in [0.25, 0.3) is 0 Å². The van der Waals surface area contributed by atoms with Crippen molar-refractivity contribution in [2.45, 2.75) is 13.0 Å².